The lowest BCUT2D eigenvalue weighted by Crippen LogP contribution is -2.35. The molecule has 1 aromatic carbocycles. The average molecular weight is 360 g/mol. The van der Waals surface area contributed by atoms with Crippen molar-refractivity contribution < 1.29 is 19.5 Å². The Morgan fingerprint density at radius 1 is 1.19 bits per heavy atom. The quantitative estimate of drug-likeness (QED) is 0.244. The second-order valence-electron chi connectivity index (χ2n) is 5.65. The van der Waals surface area contributed by atoms with Gasteiger partial charge >= 0.3 is 5.97 Å². The van der Waals surface area contributed by atoms with E-state index in [-0.39, 0.29) is 36.9 Å². The molecule has 0 aliphatic carbocycles. The summed E-state index contributed by atoms with van der Waals surface area (Å²) < 4.78 is 0. The Labute approximate surface area is 152 Å². The van der Waals surface area contributed by atoms with Gasteiger partial charge < -0.3 is 21.5 Å². The summed E-state index contributed by atoms with van der Waals surface area (Å²) in [5, 5.41) is 21.4. The van der Waals surface area contributed by atoms with Crippen LogP contribution in [0.4, 0.5) is 5.69 Å². The first kappa shape index (κ1) is 20.9. The average Bonchev–Trinajstić information content (AvgIpc) is 2.58. The van der Waals surface area contributed by atoms with E-state index in [1.165, 1.54) is 0 Å². The second kappa shape index (κ2) is 10.7. The molecule has 0 aliphatic heterocycles. The molecule has 0 aliphatic rings. The number of anilines is 1. The summed E-state index contributed by atoms with van der Waals surface area (Å²) in [6.07, 6.45) is 3.87. The number of carbonyl (C=O) groups is 3. The van der Waals surface area contributed by atoms with Crippen LogP contribution in [0, 0.1) is 5.41 Å². The fraction of sp³-hybridized carbons (Fsp3) is 0.333. The van der Waals surface area contributed by atoms with Gasteiger partial charge in [0.15, 0.2) is 0 Å². The van der Waals surface area contributed by atoms with Gasteiger partial charge in [-0.15, -0.1) is 0 Å². The molecule has 1 atom stereocenters. The highest BCUT2D eigenvalue weighted by atomic mass is 16.4. The molecule has 0 aromatic heterocycles. The summed E-state index contributed by atoms with van der Waals surface area (Å²) in [5.74, 6) is -1.80. The Kier molecular flexibility index (Phi) is 8.56. The first-order valence-corrected chi connectivity index (χ1v) is 8.24. The molecule has 0 saturated carbocycles. The monoisotopic (exact) mass is 360 g/mol. The van der Waals surface area contributed by atoms with Gasteiger partial charge in [-0.05, 0) is 30.7 Å². The predicted octanol–water partition coefficient (Wildman–Crippen LogP) is 1.62. The minimum atomic E-state index is -1.01. The highest BCUT2D eigenvalue weighted by Crippen LogP contribution is 2.10. The standard InChI is InChI=1S/C18H24N4O4/c1-2-3-4-14(11-17(25)26)22-16(24)10-9-15(23)21-13-7-5-12(6-8-13)18(19)20/h3-8,14H,2,9-11H2,1H3,(H3,19,20)(H,21,23)(H,22,24)(H,25,26). The maximum Gasteiger partial charge on any atom is 0.305 e. The summed E-state index contributed by atoms with van der Waals surface area (Å²) in [7, 11) is 0. The van der Waals surface area contributed by atoms with Crippen LogP contribution in [-0.4, -0.2) is 34.8 Å². The zero-order valence-electron chi connectivity index (χ0n) is 14.6. The smallest absolute Gasteiger partial charge is 0.305 e. The fourth-order valence-corrected chi connectivity index (χ4v) is 2.12. The predicted molar refractivity (Wildman–Crippen MR) is 98.9 cm³/mol. The third kappa shape index (κ3) is 8.09. The van der Waals surface area contributed by atoms with Crippen LogP contribution in [0.3, 0.4) is 0 Å². The van der Waals surface area contributed by atoms with Gasteiger partial charge in [0.25, 0.3) is 0 Å². The van der Waals surface area contributed by atoms with Gasteiger partial charge in [0, 0.05) is 24.1 Å². The lowest BCUT2D eigenvalue weighted by molar-refractivity contribution is -0.137. The lowest BCUT2D eigenvalue weighted by atomic mass is 10.1. The number of hydrogen-bond acceptors (Lipinski definition) is 4. The Morgan fingerprint density at radius 2 is 1.81 bits per heavy atom. The van der Waals surface area contributed by atoms with Crippen molar-refractivity contribution in [3.8, 4) is 0 Å². The number of allylic oxidation sites excluding steroid dienone is 1. The third-order valence-electron chi connectivity index (χ3n) is 3.40. The Balaban J connectivity index is 2.47. The minimum absolute atomic E-state index is 0.0302. The van der Waals surface area contributed by atoms with E-state index in [9.17, 15) is 14.4 Å². The zero-order chi connectivity index (χ0) is 19.5. The largest absolute Gasteiger partial charge is 0.481 e. The molecule has 2 amide bonds. The minimum Gasteiger partial charge on any atom is -0.481 e. The zero-order valence-corrected chi connectivity index (χ0v) is 14.6. The number of nitrogens with one attached hydrogen (secondary N) is 3. The van der Waals surface area contributed by atoms with Crippen LogP contribution in [0.15, 0.2) is 36.4 Å². The first-order valence-electron chi connectivity index (χ1n) is 8.24. The van der Waals surface area contributed by atoms with Gasteiger partial charge in [-0.1, -0.05) is 19.1 Å². The number of benzene rings is 1. The third-order valence-corrected chi connectivity index (χ3v) is 3.40. The SMILES string of the molecule is CCC=CC(CC(=O)O)NC(=O)CCC(=O)Nc1ccc(C(=N)N)cc1. The topological polar surface area (TPSA) is 145 Å². The van der Waals surface area contributed by atoms with Crippen molar-refractivity contribution in [1.29, 1.82) is 5.41 Å². The summed E-state index contributed by atoms with van der Waals surface area (Å²) in [6, 6.07) is 5.87. The molecule has 26 heavy (non-hydrogen) atoms. The van der Waals surface area contributed by atoms with Crippen LogP contribution in [0.5, 0.6) is 0 Å². The first-order chi connectivity index (χ1) is 12.3. The summed E-state index contributed by atoms with van der Waals surface area (Å²) in [5.41, 5.74) is 6.44. The highest BCUT2D eigenvalue weighted by Gasteiger charge is 2.14. The summed E-state index contributed by atoms with van der Waals surface area (Å²) in [6.45, 7) is 1.91. The molecule has 0 heterocycles. The van der Waals surface area contributed by atoms with Gasteiger partial charge in [0.05, 0.1) is 12.5 Å². The van der Waals surface area contributed by atoms with Crippen LogP contribution in [-0.2, 0) is 14.4 Å². The van der Waals surface area contributed by atoms with Crippen molar-refractivity contribution in [2.45, 2.75) is 38.6 Å². The van der Waals surface area contributed by atoms with E-state index < -0.39 is 12.0 Å². The number of nitrogen functional groups attached to an aromatic ring is 1. The normalized spacial score (nSPS) is 11.7. The number of rotatable bonds is 10. The van der Waals surface area contributed by atoms with Gasteiger partial charge in [-0.3, -0.25) is 19.8 Å². The number of carbonyl (C=O) groups excluding carboxylic acids is 2. The van der Waals surface area contributed by atoms with Crippen LogP contribution in [0.2, 0.25) is 0 Å². The number of aliphatic carboxylic acids is 1. The van der Waals surface area contributed by atoms with Crippen LogP contribution in [0.25, 0.3) is 0 Å². The fourth-order valence-electron chi connectivity index (χ4n) is 2.12. The van der Waals surface area contributed by atoms with Crippen molar-refractivity contribution in [3.63, 3.8) is 0 Å². The van der Waals surface area contributed by atoms with Crippen LogP contribution in [0.1, 0.15) is 38.2 Å². The van der Waals surface area contributed by atoms with E-state index in [2.05, 4.69) is 10.6 Å². The number of carboxylic acids is 1. The van der Waals surface area contributed by atoms with E-state index in [1.807, 2.05) is 6.92 Å². The lowest BCUT2D eigenvalue weighted by Gasteiger charge is -2.13. The van der Waals surface area contributed by atoms with Crippen molar-refractivity contribution in [2.24, 2.45) is 5.73 Å². The van der Waals surface area contributed by atoms with Crippen molar-refractivity contribution in [1.82, 2.24) is 5.32 Å². The number of carboxylic acid groups (broad SMARTS) is 1. The van der Waals surface area contributed by atoms with Crippen molar-refractivity contribution >= 4 is 29.3 Å². The maximum atomic E-state index is 11.9. The molecule has 0 bridgehead atoms. The molecular formula is C18H24N4O4. The van der Waals surface area contributed by atoms with Crippen LogP contribution >= 0.6 is 0 Å². The number of nitrogens with two attached hydrogens (primary N) is 1. The molecular weight excluding hydrogens is 336 g/mol. The Bertz CT molecular complexity index is 683. The van der Waals surface area contributed by atoms with Crippen LogP contribution < -0.4 is 16.4 Å². The molecule has 8 nitrogen and oxygen atoms in total. The molecule has 0 fully saturated rings. The van der Waals surface area contributed by atoms with Gasteiger partial charge in [-0.2, -0.15) is 0 Å². The molecule has 140 valence electrons. The number of amides is 2. The van der Waals surface area contributed by atoms with Crippen molar-refractivity contribution in [2.75, 3.05) is 5.32 Å². The van der Waals surface area contributed by atoms with E-state index in [1.54, 1.807) is 36.4 Å². The maximum absolute atomic E-state index is 11.9. The van der Waals surface area contributed by atoms with Gasteiger partial charge in [0.2, 0.25) is 11.8 Å². The highest BCUT2D eigenvalue weighted by molar-refractivity contribution is 5.96. The van der Waals surface area contributed by atoms with Gasteiger partial charge in [-0.25, -0.2) is 0 Å². The molecule has 0 saturated heterocycles. The molecule has 1 aromatic rings. The molecule has 0 spiro atoms. The summed E-state index contributed by atoms with van der Waals surface area (Å²) >= 11 is 0. The summed E-state index contributed by atoms with van der Waals surface area (Å²) in [4.78, 5) is 34.6. The second-order valence-corrected chi connectivity index (χ2v) is 5.65. The molecule has 6 N–H and O–H groups in total. The van der Waals surface area contributed by atoms with E-state index in [0.29, 0.717) is 11.3 Å². The number of amidine groups is 1. The Morgan fingerprint density at radius 3 is 2.35 bits per heavy atom. The molecule has 8 heteroatoms. The van der Waals surface area contributed by atoms with E-state index in [4.69, 9.17) is 16.2 Å². The molecule has 1 unspecified atom stereocenters. The van der Waals surface area contributed by atoms with Gasteiger partial charge in [0.1, 0.15) is 5.84 Å². The number of hydrogen-bond donors (Lipinski definition) is 5. The van der Waals surface area contributed by atoms with E-state index in [0.717, 1.165) is 6.42 Å². The Hall–Kier alpha value is -3.16. The molecule has 1 rings (SSSR count). The molecule has 0 radical (unpaired) electrons. The van der Waals surface area contributed by atoms with E-state index >= 15 is 0 Å². The van der Waals surface area contributed by atoms with Crippen molar-refractivity contribution in [3.05, 3.63) is 42.0 Å².